The lowest BCUT2D eigenvalue weighted by atomic mass is 10.0. The molecule has 0 aliphatic carbocycles. The molecular weight excluding hydrogens is 388 g/mol. The Hall–Kier alpha value is -0.100. The van der Waals surface area contributed by atoms with Crippen molar-refractivity contribution in [3.05, 3.63) is 34.9 Å². The Morgan fingerprint density at radius 2 is 1.74 bits per heavy atom. The molecule has 0 saturated heterocycles. The van der Waals surface area contributed by atoms with Gasteiger partial charge in [-0.25, -0.2) is 4.98 Å². The van der Waals surface area contributed by atoms with Gasteiger partial charge in [0.2, 0.25) is 0 Å². The quantitative estimate of drug-likeness (QED) is 0.767. The summed E-state index contributed by atoms with van der Waals surface area (Å²) in [5, 5.41) is 2.34. The van der Waals surface area contributed by atoms with Crippen LogP contribution < -0.4 is 5.73 Å². The van der Waals surface area contributed by atoms with Crippen LogP contribution in [0.4, 0.5) is 0 Å². The number of pyridine rings is 1. The van der Waals surface area contributed by atoms with Crippen LogP contribution in [0.2, 0.25) is 0 Å². The minimum absolute atomic E-state index is 0. The summed E-state index contributed by atoms with van der Waals surface area (Å²) in [6.45, 7) is 7.09. The van der Waals surface area contributed by atoms with Gasteiger partial charge in [0.1, 0.15) is 0 Å². The SMILES string of the molecule is Br.Br.Cc1cc(C)c2nc(SCCN)cc(C)c2c1. The molecular formula is C14H20Br2N2S. The third kappa shape index (κ3) is 4.45. The van der Waals surface area contributed by atoms with Gasteiger partial charge in [-0.2, -0.15) is 0 Å². The Bertz CT molecular complexity index is 559. The van der Waals surface area contributed by atoms with Gasteiger partial charge in [0.15, 0.2) is 0 Å². The Balaban J connectivity index is 0.00000162. The molecule has 1 aromatic heterocycles. The van der Waals surface area contributed by atoms with Crippen LogP contribution >= 0.6 is 45.7 Å². The highest BCUT2D eigenvalue weighted by Crippen LogP contribution is 2.26. The van der Waals surface area contributed by atoms with Crippen LogP contribution in [0.25, 0.3) is 10.9 Å². The van der Waals surface area contributed by atoms with Gasteiger partial charge in [0, 0.05) is 17.7 Å². The molecule has 1 heterocycles. The zero-order valence-corrected chi connectivity index (χ0v) is 15.6. The van der Waals surface area contributed by atoms with Crippen LogP contribution in [0.15, 0.2) is 23.2 Å². The van der Waals surface area contributed by atoms with E-state index in [0.29, 0.717) is 6.54 Å². The lowest BCUT2D eigenvalue weighted by Crippen LogP contribution is -2.01. The molecule has 0 radical (unpaired) electrons. The van der Waals surface area contributed by atoms with E-state index in [9.17, 15) is 0 Å². The maximum absolute atomic E-state index is 5.53. The zero-order valence-electron chi connectivity index (χ0n) is 11.4. The molecule has 2 N–H and O–H groups in total. The maximum atomic E-state index is 5.53. The Labute approximate surface area is 140 Å². The van der Waals surface area contributed by atoms with Crippen LogP contribution in [0.1, 0.15) is 16.7 Å². The third-order valence-electron chi connectivity index (χ3n) is 2.80. The number of hydrogen-bond donors (Lipinski definition) is 1. The van der Waals surface area contributed by atoms with Crippen molar-refractivity contribution in [1.29, 1.82) is 0 Å². The van der Waals surface area contributed by atoms with Gasteiger partial charge < -0.3 is 5.73 Å². The Kier molecular flexibility index (Phi) is 8.20. The lowest BCUT2D eigenvalue weighted by molar-refractivity contribution is 1.12. The molecule has 0 aliphatic heterocycles. The molecule has 2 aromatic rings. The van der Waals surface area contributed by atoms with Crippen molar-refractivity contribution in [2.45, 2.75) is 25.8 Å². The molecule has 0 atom stereocenters. The number of benzene rings is 1. The van der Waals surface area contributed by atoms with E-state index in [4.69, 9.17) is 10.7 Å². The van der Waals surface area contributed by atoms with Gasteiger partial charge in [0.25, 0.3) is 0 Å². The van der Waals surface area contributed by atoms with Crippen molar-refractivity contribution >= 4 is 56.6 Å². The predicted molar refractivity (Wildman–Crippen MR) is 96.4 cm³/mol. The highest BCUT2D eigenvalue weighted by atomic mass is 79.9. The van der Waals surface area contributed by atoms with Crippen LogP contribution in [0, 0.1) is 20.8 Å². The van der Waals surface area contributed by atoms with Crippen LogP contribution in [0.3, 0.4) is 0 Å². The Morgan fingerprint density at radius 1 is 1.05 bits per heavy atom. The smallest absolute Gasteiger partial charge is 0.0970 e. The van der Waals surface area contributed by atoms with Gasteiger partial charge in [-0.1, -0.05) is 11.6 Å². The lowest BCUT2D eigenvalue weighted by Gasteiger charge is -2.09. The van der Waals surface area contributed by atoms with Gasteiger partial charge in [0.05, 0.1) is 10.5 Å². The van der Waals surface area contributed by atoms with E-state index >= 15 is 0 Å². The van der Waals surface area contributed by atoms with Gasteiger partial charge >= 0.3 is 0 Å². The number of nitrogens with two attached hydrogens (primary N) is 1. The number of nitrogens with zero attached hydrogens (tertiary/aromatic N) is 1. The van der Waals surface area contributed by atoms with E-state index in [1.54, 1.807) is 11.8 Å². The fourth-order valence-corrected chi connectivity index (χ4v) is 2.79. The number of halogens is 2. The minimum atomic E-state index is 0. The highest BCUT2D eigenvalue weighted by Gasteiger charge is 2.06. The number of aryl methyl sites for hydroxylation is 3. The summed E-state index contributed by atoms with van der Waals surface area (Å²) in [6.07, 6.45) is 0. The largest absolute Gasteiger partial charge is 0.330 e. The monoisotopic (exact) mass is 406 g/mol. The van der Waals surface area contributed by atoms with Crippen LogP contribution in [-0.4, -0.2) is 17.3 Å². The number of aromatic nitrogens is 1. The van der Waals surface area contributed by atoms with E-state index in [0.717, 1.165) is 16.3 Å². The fourth-order valence-electron chi connectivity index (χ4n) is 2.05. The van der Waals surface area contributed by atoms with Gasteiger partial charge in [-0.3, -0.25) is 0 Å². The number of hydrogen-bond acceptors (Lipinski definition) is 3. The fraction of sp³-hybridized carbons (Fsp3) is 0.357. The molecule has 2 nitrogen and oxygen atoms in total. The van der Waals surface area contributed by atoms with E-state index in [1.807, 2.05) is 0 Å². The average Bonchev–Trinajstić information content (AvgIpc) is 2.28. The summed E-state index contributed by atoms with van der Waals surface area (Å²) in [6, 6.07) is 6.55. The Morgan fingerprint density at radius 3 is 2.37 bits per heavy atom. The first-order valence-corrected chi connectivity index (χ1v) is 6.82. The van der Waals surface area contributed by atoms with Crippen molar-refractivity contribution < 1.29 is 0 Å². The predicted octanol–water partition coefficient (Wildman–Crippen LogP) is 4.37. The molecule has 2 rings (SSSR count). The molecule has 0 fully saturated rings. The first-order chi connectivity index (χ1) is 8.11. The van der Waals surface area contributed by atoms with E-state index < -0.39 is 0 Å². The molecule has 106 valence electrons. The summed E-state index contributed by atoms with van der Waals surface area (Å²) in [7, 11) is 0. The zero-order chi connectivity index (χ0) is 12.4. The summed E-state index contributed by atoms with van der Waals surface area (Å²) in [5.74, 6) is 0.919. The molecule has 5 heteroatoms. The maximum Gasteiger partial charge on any atom is 0.0970 e. The molecule has 0 unspecified atom stereocenters. The highest BCUT2D eigenvalue weighted by molar-refractivity contribution is 8.93. The first-order valence-electron chi connectivity index (χ1n) is 5.83. The molecule has 0 saturated carbocycles. The molecule has 0 aliphatic rings. The second-order valence-corrected chi connectivity index (χ2v) is 5.51. The van der Waals surface area contributed by atoms with Crippen molar-refractivity contribution in [3.8, 4) is 0 Å². The summed E-state index contributed by atoms with van der Waals surface area (Å²) >= 11 is 1.73. The third-order valence-corrected chi connectivity index (χ3v) is 3.74. The second-order valence-electron chi connectivity index (χ2n) is 4.39. The van der Waals surface area contributed by atoms with Crippen LogP contribution in [0.5, 0.6) is 0 Å². The summed E-state index contributed by atoms with van der Waals surface area (Å²) < 4.78 is 0. The number of thioether (sulfide) groups is 1. The van der Waals surface area contributed by atoms with Crippen molar-refractivity contribution in [2.24, 2.45) is 5.73 Å². The standard InChI is InChI=1S/C14H18N2S.2BrH/c1-9-6-11(3)14-12(7-9)10(2)8-13(16-14)17-5-4-15;;/h6-8H,4-5,15H2,1-3H3;2*1H. The topological polar surface area (TPSA) is 38.9 Å². The minimum Gasteiger partial charge on any atom is -0.330 e. The number of rotatable bonds is 3. The van der Waals surface area contributed by atoms with Crippen molar-refractivity contribution in [1.82, 2.24) is 4.98 Å². The van der Waals surface area contributed by atoms with Crippen molar-refractivity contribution in [2.75, 3.05) is 12.3 Å². The van der Waals surface area contributed by atoms with Crippen molar-refractivity contribution in [3.63, 3.8) is 0 Å². The summed E-state index contributed by atoms with van der Waals surface area (Å²) in [4.78, 5) is 4.72. The van der Waals surface area contributed by atoms with Crippen LogP contribution in [-0.2, 0) is 0 Å². The molecule has 0 bridgehead atoms. The van der Waals surface area contributed by atoms with Gasteiger partial charge in [-0.15, -0.1) is 45.7 Å². The van der Waals surface area contributed by atoms with Gasteiger partial charge in [-0.05, 0) is 44.0 Å². The molecule has 0 amide bonds. The normalized spacial score (nSPS) is 9.89. The second kappa shape index (κ2) is 8.25. The molecule has 0 spiro atoms. The summed E-state index contributed by atoms with van der Waals surface area (Å²) in [5.41, 5.74) is 10.5. The van der Waals surface area contributed by atoms with E-state index in [2.05, 4.69) is 39.0 Å². The van der Waals surface area contributed by atoms with E-state index in [1.165, 1.54) is 22.1 Å². The molecule has 19 heavy (non-hydrogen) atoms. The number of fused-ring (bicyclic) bond motifs is 1. The molecule has 1 aromatic carbocycles. The van der Waals surface area contributed by atoms with E-state index in [-0.39, 0.29) is 34.0 Å². The first kappa shape index (κ1) is 18.9. The average molecular weight is 408 g/mol.